The summed E-state index contributed by atoms with van der Waals surface area (Å²) in [7, 11) is 1.75. The first kappa shape index (κ1) is 10.7. The first-order valence-corrected chi connectivity index (χ1v) is 5.23. The molecule has 2 heterocycles. The third kappa shape index (κ3) is 2.63. The van der Waals surface area contributed by atoms with Gasteiger partial charge in [0, 0.05) is 18.3 Å². The summed E-state index contributed by atoms with van der Waals surface area (Å²) < 4.78 is 1.81. The highest BCUT2D eigenvalue weighted by atomic mass is 15.6. The second-order valence-electron chi connectivity index (χ2n) is 3.52. The minimum atomic E-state index is 0.556. The molecule has 7 nitrogen and oxygen atoms in total. The molecule has 0 radical (unpaired) electrons. The molecule has 0 aliphatic heterocycles. The van der Waals surface area contributed by atoms with Gasteiger partial charge in [0.1, 0.15) is 6.54 Å². The zero-order valence-electron chi connectivity index (χ0n) is 9.46. The Morgan fingerprint density at radius 3 is 3.00 bits per heavy atom. The van der Waals surface area contributed by atoms with Crippen LogP contribution in [0.5, 0.6) is 0 Å². The van der Waals surface area contributed by atoms with Gasteiger partial charge in [-0.05, 0) is 11.8 Å². The molecule has 0 saturated carbocycles. The molecular formula is C9H15N7. The Kier molecular flexibility index (Phi) is 3.25. The highest BCUT2D eigenvalue weighted by molar-refractivity contribution is 5.03. The lowest BCUT2D eigenvalue weighted by atomic mass is 10.3. The van der Waals surface area contributed by atoms with Gasteiger partial charge in [0.25, 0.3) is 0 Å². The molecular weight excluding hydrogens is 206 g/mol. The molecule has 2 aromatic rings. The van der Waals surface area contributed by atoms with Crippen LogP contribution in [0, 0.1) is 0 Å². The average Bonchev–Trinajstić information content (AvgIpc) is 2.86. The van der Waals surface area contributed by atoms with E-state index in [1.54, 1.807) is 7.05 Å². The first-order chi connectivity index (χ1) is 7.78. The normalized spacial score (nSPS) is 10.9. The second kappa shape index (κ2) is 4.84. The molecule has 0 aliphatic rings. The number of nitrogens with zero attached hydrogens (tertiary/aromatic N) is 6. The van der Waals surface area contributed by atoms with Crippen LogP contribution in [0.3, 0.4) is 0 Å². The second-order valence-corrected chi connectivity index (χ2v) is 3.52. The topological polar surface area (TPSA) is 73.5 Å². The van der Waals surface area contributed by atoms with E-state index < -0.39 is 0 Å². The van der Waals surface area contributed by atoms with Crippen LogP contribution in [0.15, 0.2) is 12.4 Å². The predicted octanol–water partition coefficient (Wildman–Crippen LogP) is -0.436. The van der Waals surface area contributed by atoms with Gasteiger partial charge in [0.2, 0.25) is 0 Å². The molecule has 86 valence electrons. The van der Waals surface area contributed by atoms with E-state index in [0.717, 1.165) is 18.7 Å². The van der Waals surface area contributed by atoms with Crippen molar-refractivity contribution in [3.63, 3.8) is 0 Å². The van der Waals surface area contributed by atoms with Gasteiger partial charge >= 0.3 is 0 Å². The van der Waals surface area contributed by atoms with Crippen molar-refractivity contribution in [3.8, 4) is 0 Å². The Morgan fingerprint density at radius 2 is 2.31 bits per heavy atom. The Bertz CT molecular complexity index is 444. The number of aromatic nitrogens is 6. The monoisotopic (exact) mass is 221 g/mol. The van der Waals surface area contributed by atoms with Crippen molar-refractivity contribution in [2.45, 2.75) is 20.0 Å². The SMILES string of the molecule is CCNCc1cnn(Cc2nnn(C)n2)c1. The molecule has 1 N–H and O–H groups in total. The maximum absolute atomic E-state index is 4.23. The fourth-order valence-corrected chi connectivity index (χ4v) is 1.39. The molecule has 0 saturated heterocycles. The Labute approximate surface area is 93.5 Å². The maximum atomic E-state index is 4.23. The molecule has 0 unspecified atom stereocenters. The van der Waals surface area contributed by atoms with Crippen molar-refractivity contribution in [2.75, 3.05) is 6.54 Å². The van der Waals surface area contributed by atoms with Gasteiger partial charge in [-0.1, -0.05) is 6.92 Å². The highest BCUT2D eigenvalue weighted by Gasteiger charge is 2.03. The van der Waals surface area contributed by atoms with Gasteiger partial charge in [-0.2, -0.15) is 9.90 Å². The van der Waals surface area contributed by atoms with E-state index in [0.29, 0.717) is 12.4 Å². The summed E-state index contributed by atoms with van der Waals surface area (Å²) in [4.78, 5) is 1.44. The lowest BCUT2D eigenvalue weighted by Gasteiger charge is -1.96. The standard InChI is InChI=1S/C9H15N7/c1-3-10-4-8-5-11-16(6-8)7-9-12-14-15(2)13-9/h5-6,10H,3-4,7H2,1-2H3. The van der Waals surface area contributed by atoms with E-state index >= 15 is 0 Å². The molecule has 0 spiro atoms. The van der Waals surface area contributed by atoms with Gasteiger partial charge in [0.15, 0.2) is 5.82 Å². The molecule has 2 rings (SSSR count). The van der Waals surface area contributed by atoms with Crippen LogP contribution in [0.25, 0.3) is 0 Å². The first-order valence-electron chi connectivity index (χ1n) is 5.23. The minimum absolute atomic E-state index is 0.556. The van der Waals surface area contributed by atoms with E-state index in [1.165, 1.54) is 4.80 Å². The number of hydrogen-bond acceptors (Lipinski definition) is 5. The molecule has 16 heavy (non-hydrogen) atoms. The fraction of sp³-hybridized carbons (Fsp3) is 0.556. The van der Waals surface area contributed by atoms with Crippen LogP contribution in [0.2, 0.25) is 0 Å². The zero-order valence-corrected chi connectivity index (χ0v) is 9.46. The van der Waals surface area contributed by atoms with Crippen molar-refractivity contribution in [1.29, 1.82) is 0 Å². The number of aryl methyl sites for hydroxylation is 1. The van der Waals surface area contributed by atoms with Crippen molar-refractivity contribution < 1.29 is 0 Å². The molecule has 0 aliphatic carbocycles. The predicted molar refractivity (Wildman–Crippen MR) is 57.5 cm³/mol. The van der Waals surface area contributed by atoms with Gasteiger partial charge in [-0.15, -0.1) is 10.2 Å². The number of rotatable bonds is 5. The van der Waals surface area contributed by atoms with Gasteiger partial charge in [-0.25, -0.2) is 0 Å². The largest absolute Gasteiger partial charge is 0.313 e. The van der Waals surface area contributed by atoms with Crippen LogP contribution in [0.1, 0.15) is 18.3 Å². The summed E-state index contributed by atoms with van der Waals surface area (Å²) in [6.07, 6.45) is 3.83. The van der Waals surface area contributed by atoms with Crippen LogP contribution in [-0.2, 0) is 20.1 Å². The van der Waals surface area contributed by atoms with E-state index in [-0.39, 0.29) is 0 Å². The quantitative estimate of drug-likeness (QED) is 0.741. The van der Waals surface area contributed by atoms with Gasteiger partial charge < -0.3 is 5.32 Å². The van der Waals surface area contributed by atoms with Crippen molar-refractivity contribution in [2.24, 2.45) is 7.05 Å². The smallest absolute Gasteiger partial charge is 0.196 e. The summed E-state index contributed by atoms with van der Waals surface area (Å²) in [5, 5.41) is 19.3. The van der Waals surface area contributed by atoms with E-state index in [1.807, 2.05) is 17.1 Å². The van der Waals surface area contributed by atoms with E-state index in [9.17, 15) is 0 Å². The third-order valence-corrected chi connectivity index (χ3v) is 2.12. The Hall–Kier alpha value is -1.76. The Balaban J connectivity index is 1.97. The summed E-state index contributed by atoms with van der Waals surface area (Å²) in [5.41, 5.74) is 1.16. The molecule has 0 bridgehead atoms. The summed E-state index contributed by atoms with van der Waals surface area (Å²) >= 11 is 0. The van der Waals surface area contributed by atoms with Crippen LogP contribution >= 0.6 is 0 Å². The average molecular weight is 221 g/mol. The maximum Gasteiger partial charge on any atom is 0.196 e. The summed E-state index contributed by atoms with van der Waals surface area (Å²) in [6.45, 7) is 4.43. The lowest BCUT2D eigenvalue weighted by molar-refractivity contribution is 0.617. The summed E-state index contributed by atoms with van der Waals surface area (Å²) in [6, 6.07) is 0. The fourth-order valence-electron chi connectivity index (χ4n) is 1.39. The van der Waals surface area contributed by atoms with E-state index in [4.69, 9.17) is 0 Å². The molecule has 0 aromatic carbocycles. The van der Waals surface area contributed by atoms with Crippen LogP contribution in [-0.4, -0.2) is 36.5 Å². The molecule has 0 atom stereocenters. The van der Waals surface area contributed by atoms with Crippen molar-refractivity contribution in [1.82, 2.24) is 35.3 Å². The van der Waals surface area contributed by atoms with Crippen molar-refractivity contribution in [3.05, 3.63) is 23.8 Å². The van der Waals surface area contributed by atoms with Gasteiger partial charge in [-0.3, -0.25) is 4.68 Å². The third-order valence-electron chi connectivity index (χ3n) is 2.12. The summed E-state index contributed by atoms with van der Waals surface area (Å²) in [5.74, 6) is 0.667. The number of hydrogen-bond donors (Lipinski definition) is 1. The Morgan fingerprint density at radius 1 is 1.44 bits per heavy atom. The van der Waals surface area contributed by atoms with Crippen molar-refractivity contribution >= 4 is 0 Å². The van der Waals surface area contributed by atoms with Gasteiger partial charge in [0.05, 0.1) is 13.2 Å². The molecule has 7 heteroatoms. The van der Waals surface area contributed by atoms with Crippen LogP contribution < -0.4 is 5.32 Å². The number of nitrogens with one attached hydrogen (secondary N) is 1. The highest BCUT2D eigenvalue weighted by Crippen LogP contribution is 1.99. The van der Waals surface area contributed by atoms with Crippen LogP contribution in [0.4, 0.5) is 0 Å². The molecule has 0 amide bonds. The molecule has 2 aromatic heterocycles. The number of tetrazole rings is 1. The lowest BCUT2D eigenvalue weighted by Crippen LogP contribution is -2.11. The molecule has 0 fully saturated rings. The van der Waals surface area contributed by atoms with E-state index in [2.05, 4.69) is 32.7 Å². The zero-order chi connectivity index (χ0) is 11.4. The minimum Gasteiger partial charge on any atom is -0.313 e.